The smallest absolute Gasteiger partial charge is 0.362 e. The quantitative estimate of drug-likeness (QED) is 0.402. The van der Waals surface area contributed by atoms with Crippen molar-refractivity contribution < 1.29 is 27.8 Å². The molecule has 0 bridgehead atoms. The second kappa shape index (κ2) is 9.14. The highest BCUT2D eigenvalue weighted by molar-refractivity contribution is 6.13. The highest BCUT2D eigenvalue weighted by atomic mass is 16.5. The van der Waals surface area contributed by atoms with Gasteiger partial charge in [0.2, 0.25) is 11.4 Å². The fourth-order valence-corrected chi connectivity index (χ4v) is 4.39. The third-order valence-corrected chi connectivity index (χ3v) is 5.87. The summed E-state index contributed by atoms with van der Waals surface area (Å²) in [7, 11) is 3.05. The Balaban J connectivity index is 1.93. The van der Waals surface area contributed by atoms with Gasteiger partial charge in [0.15, 0.2) is 0 Å². The Hall–Kier alpha value is -4.73. The van der Waals surface area contributed by atoms with Gasteiger partial charge >= 0.3 is 11.6 Å². The van der Waals surface area contributed by atoms with E-state index in [4.69, 9.17) is 28.8 Å². The van der Waals surface area contributed by atoms with E-state index in [2.05, 4.69) is 4.98 Å². The van der Waals surface area contributed by atoms with Gasteiger partial charge in [-0.15, -0.1) is 0 Å². The predicted octanol–water partition coefficient (Wildman–Crippen LogP) is 1.71. The zero-order chi connectivity index (χ0) is 25.4. The summed E-state index contributed by atoms with van der Waals surface area (Å²) in [5.74, 6) is -0.312. The fraction of sp³-hybridized carbons (Fsp3) is 0.192. The summed E-state index contributed by atoms with van der Waals surface area (Å²) < 4.78 is 29.2. The van der Waals surface area contributed by atoms with Crippen LogP contribution in [-0.4, -0.2) is 36.3 Å². The molecule has 10 nitrogen and oxygen atoms in total. The van der Waals surface area contributed by atoms with Gasteiger partial charge in [0, 0.05) is 11.1 Å². The molecule has 2 aromatic carbocycles. The number of methoxy groups -OCH3 is 2. The van der Waals surface area contributed by atoms with Crippen molar-refractivity contribution in [1.82, 2.24) is 9.55 Å². The Morgan fingerprint density at radius 2 is 1.78 bits per heavy atom. The number of carbonyl (C=O) groups is 1. The number of nitrogens with two attached hydrogens (primary N) is 1. The number of oxazole rings is 2. The molecule has 36 heavy (non-hydrogen) atoms. The van der Waals surface area contributed by atoms with E-state index >= 15 is 0 Å². The van der Waals surface area contributed by atoms with E-state index in [0.29, 0.717) is 28.3 Å². The minimum absolute atomic E-state index is 0.0424. The normalized spacial score (nSPS) is 14.8. The summed E-state index contributed by atoms with van der Waals surface area (Å²) >= 11 is 0. The number of rotatable bonds is 6. The molecule has 3 heterocycles. The number of para-hydroxylation sites is 2. The van der Waals surface area contributed by atoms with E-state index in [-0.39, 0.29) is 35.0 Å². The number of nitrogen functional groups attached to an aromatic ring is 1. The molecule has 2 N–H and O–H groups in total. The van der Waals surface area contributed by atoms with Gasteiger partial charge < -0.3 is 28.8 Å². The lowest BCUT2D eigenvalue weighted by Crippen LogP contribution is -2.37. The Kier molecular flexibility index (Phi) is 5.85. The lowest BCUT2D eigenvalue weighted by molar-refractivity contribution is -0.136. The van der Waals surface area contributed by atoms with E-state index in [9.17, 15) is 9.59 Å². The van der Waals surface area contributed by atoms with Crippen molar-refractivity contribution >= 4 is 23.6 Å². The molecule has 0 radical (unpaired) electrons. The molecule has 0 amide bonds. The third-order valence-electron chi connectivity index (χ3n) is 5.87. The largest absolute Gasteiger partial charge is 0.496 e. The second-order valence-electron chi connectivity index (χ2n) is 7.85. The molecule has 0 spiro atoms. The average molecular weight is 489 g/mol. The molecule has 0 unspecified atom stereocenters. The first-order valence-electron chi connectivity index (χ1n) is 11.2. The van der Waals surface area contributed by atoms with Crippen LogP contribution in [0.1, 0.15) is 29.7 Å². The molecule has 1 aliphatic heterocycles. The molecule has 0 saturated carbocycles. The average Bonchev–Trinajstić information content (AvgIpc) is 3.42. The zero-order valence-corrected chi connectivity index (χ0v) is 19.8. The molecule has 2 aromatic heterocycles. The van der Waals surface area contributed by atoms with Crippen molar-refractivity contribution in [3.63, 3.8) is 0 Å². The predicted molar refractivity (Wildman–Crippen MR) is 129 cm³/mol. The lowest BCUT2D eigenvalue weighted by Gasteiger charge is -2.23. The fourth-order valence-electron chi connectivity index (χ4n) is 4.39. The van der Waals surface area contributed by atoms with Crippen LogP contribution in [0.3, 0.4) is 0 Å². The van der Waals surface area contributed by atoms with Gasteiger partial charge in [-0.1, -0.05) is 36.4 Å². The summed E-state index contributed by atoms with van der Waals surface area (Å²) in [4.78, 5) is 30.9. The molecule has 10 heteroatoms. The highest BCUT2D eigenvalue weighted by Gasteiger charge is 2.40. The van der Waals surface area contributed by atoms with Crippen LogP contribution in [0.25, 0.3) is 17.5 Å². The molecule has 4 aromatic rings. The molecule has 1 atom stereocenters. The molecule has 0 fully saturated rings. The number of hydrogen-bond acceptors (Lipinski definition) is 9. The van der Waals surface area contributed by atoms with E-state index in [1.807, 2.05) is 12.1 Å². The number of esters is 1. The van der Waals surface area contributed by atoms with Gasteiger partial charge in [0.1, 0.15) is 28.1 Å². The minimum atomic E-state index is -0.832. The van der Waals surface area contributed by atoms with Crippen molar-refractivity contribution in [2.45, 2.75) is 12.8 Å². The number of aromatic nitrogens is 2. The molecule has 0 saturated heterocycles. The third kappa shape index (κ3) is 3.63. The van der Waals surface area contributed by atoms with Crippen LogP contribution in [0.2, 0.25) is 0 Å². The molecule has 184 valence electrons. The number of benzene rings is 2. The second-order valence-corrected chi connectivity index (χ2v) is 7.85. The Morgan fingerprint density at radius 1 is 1.08 bits per heavy atom. The maximum Gasteiger partial charge on any atom is 0.362 e. The minimum Gasteiger partial charge on any atom is -0.496 e. The first-order chi connectivity index (χ1) is 17.5. The van der Waals surface area contributed by atoms with Crippen LogP contribution < -0.4 is 31.7 Å². The SMILES string of the molecule is CCOC(=O)C1=c2oc(=O)/c(=C\c3ccccc3OC)n2-c2oc(N)nc2[C@@H]1c1ccccc1OC. The van der Waals surface area contributed by atoms with Gasteiger partial charge in [-0.2, -0.15) is 4.98 Å². The van der Waals surface area contributed by atoms with Crippen LogP contribution in [0.5, 0.6) is 11.5 Å². The topological polar surface area (TPSA) is 132 Å². The Labute approximate surface area is 204 Å². The van der Waals surface area contributed by atoms with Crippen LogP contribution in [0.4, 0.5) is 6.01 Å². The van der Waals surface area contributed by atoms with Gasteiger partial charge in [-0.25, -0.2) is 14.2 Å². The maximum absolute atomic E-state index is 13.3. The van der Waals surface area contributed by atoms with E-state index in [0.717, 1.165) is 0 Å². The van der Waals surface area contributed by atoms with E-state index in [1.54, 1.807) is 49.4 Å². The lowest BCUT2D eigenvalue weighted by atomic mass is 9.86. The van der Waals surface area contributed by atoms with Gasteiger partial charge in [-0.05, 0) is 25.1 Å². The van der Waals surface area contributed by atoms with Gasteiger partial charge in [0.25, 0.3) is 6.01 Å². The number of nitrogens with zero attached hydrogens (tertiary/aromatic N) is 2. The zero-order valence-electron chi connectivity index (χ0n) is 19.8. The first-order valence-corrected chi connectivity index (χ1v) is 11.2. The highest BCUT2D eigenvalue weighted by Crippen LogP contribution is 2.42. The number of fused-ring (bicyclic) bond motifs is 3. The monoisotopic (exact) mass is 489 g/mol. The van der Waals surface area contributed by atoms with Crippen LogP contribution >= 0.6 is 0 Å². The van der Waals surface area contributed by atoms with Crippen molar-refractivity contribution in [2.75, 3.05) is 26.6 Å². The van der Waals surface area contributed by atoms with Gasteiger partial charge in [0.05, 0.1) is 26.7 Å². The van der Waals surface area contributed by atoms with Gasteiger partial charge in [-0.3, -0.25) is 0 Å². The number of ether oxygens (including phenoxy) is 3. The Morgan fingerprint density at radius 3 is 2.50 bits per heavy atom. The molecule has 0 aliphatic carbocycles. The first kappa shape index (κ1) is 23.0. The number of carbonyl (C=O) groups excluding carboxylic acids is 1. The molecular formula is C26H23N3O7. The molecule has 1 aliphatic rings. The molecular weight excluding hydrogens is 466 g/mol. The van der Waals surface area contributed by atoms with Crippen molar-refractivity contribution in [3.8, 4) is 17.4 Å². The van der Waals surface area contributed by atoms with Crippen molar-refractivity contribution in [3.05, 3.63) is 86.7 Å². The van der Waals surface area contributed by atoms with Crippen molar-refractivity contribution in [2.24, 2.45) is 0 Å². The Bertz CT molecular complexity index is 1640. The van der Waals surface area contributed by atoms with Crippen LogP contribution in [0, 0.1) is 0 Å². The summed E-state index contributed by atoms with van der Waals surface area (Å²) in [6, 6.07) is 14.2. The summed E-state index contributed by atoms with van der Waals surface area (Å²) in [5, 5.41) is 0.0900. The number of anilines is 1. The number of hydrogen-bond donors (Lipinski definition) is 1. The summed E-state index contributed by atoms with van der Waals surface area (Å²) in [6.07, 6.45) is 1.59. The summed E-state index contributed by atoms with van der Waals surface area (Å²) in [6.45, 7) is 1.80. The summed E-state index contributed by atoms with van der Waals surface area (Å²) in [5.41, 5.74) is 6.84. The van der Waals surface area contributed by atoms with E-state index < -0.39 is 17.5 Å². The maximum atomic E-state index is 13.3. The van der Waals surface area contributed by atoms with Crippen LogP contribution in [-0.2, 0) is 9.53 Å². The standard InChI is InChI=1S/C26H23N3O7/c1-4-34-25(31)20-19(15-10-6-8-12-18(15)33-3)21-23(36-26(27)28-21)29-16(24(30)35-22(20)29)13-14-9-5-7-11-17(14)32-2/h5-13,19H,4H2,1-3H3,(H2,27,28)/b16-13+/t19-/m1/s1. The van der Waals surface area contributed by atoms with E-state index in [1.165, 1.54) is 18.8 Å². The van der Waals surface area contributed by atoms with Crippen LogP contribution in [0.15, 0.2) is 62.2 Å². The molecule has 5 rings (SSSR count). The van der Waals surface area contributed by atoms with Crippen molar-refractivity contribution in [1.29, 1.82) is 0 Å².